The summed E-state index contributed by atoms with van der Waals surface area (Å²) in [7, 11) is -0.301. The molecule has 2 aliphatic rings. The predicted molar refractivity (Wildman–Crippen MR) is 80.1 cm³/mol. The molecular formula is C15H25BN2O2. The van der Waals surface area contributed by atoms with Crippen LogP contribution in [0.3, 0.4) is 0 Å². The Labute approximate surface area is 122 Å². The monoisotopic (exact) mass is 276 g/mol. The van der Waals surface area contributed by atoms with Crippen LogP contribution in [-0.4, -0.2) is 27.9 Å². The molecule has 110 valence electrons. The Morgan fingerprint density at radius 3 is 2.30 bits per heavy atom. The molecule has 0 N–H and O–H groups in total. The molecule has 0 spiro atoms. The van der Waals surface area contributed by atoms with Gasteiger partial charge in [-0.05, 0) is 40.5 Å². The van der Waals surface area contributed by atoms with E-state index in [1.54, 1.807) is 0 Å². The first-order chi connectivity index (χ1) is 9.41. The summed E-state index contributed by atoms with van der Waals surface area (Å²) in [6.45, 7) is 8.37. The molecule has 1 aromatic rings. The fraction of sp³-hybridized carbons (Fsp3) is 0.800. The van der Waals surface area contributed by atoms with Gasteiger partial charge in [-0.2, -0.15) is 0 Å². The third-order valence-electron chi connectivity index (χ3n) is 5.16. The Bertz CT molecular complexity index is 462. The van der Waals surface area contributed by atoms with Gasteiger partial charge in [0.25, 0.3) is 0 Å². The van der Waals surface area contributed by atoms with Crippen LogP contribution in [0.4, 0.5) is 0 Å². The zero-order valence-corrected chi connectivity index (χ0v) is 13.1. The summed E-state index contributed by atoms with van der Waals surface area (Å²) in [4.78, 5) is 4.34. The van der Waals surface area contributed by atoms with Gasteiger partial charge in [-0.15, -0.1) is 0 Å². The van der Waals surface area contributed by atoms with Gasteiger partial charge >= 0.3 is 7.12 Å². The second-order valence-electron chi connectivity index (χ2n) is 7.11. The van der Waals surface area contributed by atoms with Crippen molar-refractivity contribution in [1.29, 1.82) is 0 Å². The molecule has 3 rings (SSSR count). The Hall–Kier alpha value is -0.805. The highest BCUT2D eigenvalue weighted by Gasteiger charge is 2.53. The molecule has 0 radical (unpaired) electrons. The topological polar surface area (TPSA) is 36.3 Å². The molecular weight excluding hydrogens is 251 g/mol. The van der Waals surface area contributed by atoms with Crippen LogP contribution in [0.25, 0.3) is 0 Å². The molecule has 2 fully saturated rings. The minimum absolute atomic E-state index is 0.292. The van der Waals surface area contributed by atoms with Crippen LogP contribution in [-0.2, 0) is 9.31 Å². The van der Waals surface area contributed by atoms with Crippen molar-refractivity contribution in [2.75, 3.05) is 0 Å². The summed E-state index contributed by atoms with van der Waals surface area (Å²) in [5, 5.41) is 0. The highest BCUT2D eigenvalue weighted by molar-refractivity contribution is 6.61. The first kappa shape index (κ1) is 14.1. The lowest BCUT2D eigenvalue weighted by Gasteiger charge is -2.32. The zero-order valence-electron chi connectivity index (χ0n) is 13.1. The second kappa shape index (κ2) is 4.88. The maximum Gasteiger partial charge on any atom is 0.514 e. The Morgan fingerprint density at radius 1 is 1.10 bits per heavy atom. The van der Waals surface area contributed by atoms with Crippen molar-refractivity contribution in [3.63, 3.8) is 0 Å². The normalized spacial score (nSPS) is 26.1. The molecule has 1 saturated heterocycles. The van der Waals surface area contributed by atoms with Crippen molar-refractivity contribution in [3.8, 4) is 0 Å². The van der Waals surface area contributed by atoms with E-state index < -0.39 is 0 Å². The van der Waals surface area contributed by atoms with Crippen molar-refractivity contribution in [2.24, 2.45) is 0 Å². The first-order valence-electron chi connectivity index (χ1n) is 7.78. The van der Waals surface area contributed by atoms with E-state index in [2.05, 4.69) is 37.2 Å². The molecule has 4 nitrogen and oxygen atoms in total. The summed E-state index contributed by atoms with van der Waals surface area (Å²) in [5.74, 6) is 0. The molecule has 1 aromatic heterocycles. The summed E-state index contributed by atoms with van der Waals surface area (Å²) in [5.41, 5.74) is 0.481. The maximum atomic E-state index is 6.16. The quantitative estimate of drug-likeness (QED) is 0.779. The van der Waals surface area contributed by atoms with E-state index in [1.807, 2.05) is 12.5 Å². The minimum atomic E-state index is -0.301. The van der Waals surface area contributed by atoms with Crippen LogP contribution in [0.5, 0.6) is 0 Å². The van der Waals surface area contributed by atoms with E-state index in [4.69, 9.17) is 9.31 Å². The number of imidazole rings is 1. The van der Waals surface area contributed by atoms with Gasteiger partial charge < -0.3 is 13.9 Å². The van der Waals surface area contributed by atoms with Crippen LogP contribution in [0, 0.1) is 0 Å². The van der Waals surface area contributed by atoms with Crippen LogP contribution < -0.4 is 5.59 Å². The average Bonchev–Trinajstić information content (AvgIpc) is 2.94. The highest BCUT2D eigenvalue weighted by atomic mass is 16.7. The van der Waals surface area contributed by atoms with Crippen molar-refractivity contribution in [1.82, 2.24) is 9.55 Å². The molecule has 20 heavy (non-hydrogen) atoms. The fourth-order valence-corrected chi connectivity index (χ4v) is 3.13. The SMILES string of the molecule is CC1(C)OB(c2cncn2C2CCCCC2)OC1(C)C. The lowest BCUT2D eigenvalue weighted by Crippen LogP contribution is -2.41. The molecule has 0 amide bonds. The van der Waals surface area contributed by atoms with Crippen molar-refractivity contribution in [2.45, 2.75) is 77.0 Å². The van der Waals surface area contributed by atoms with Crippen molar-refractivity contribution < 1.29 is 9.31 Å². The van der Waals surface area contributed by atoms with Gasteiger partial charge in [0.15, 0.2) is 0 Å². The summed E-state index contributed by atoms with van der Waals surface area (Å²) < 4.78 is 14.6. The molecule has 0 atom stereocenters. The van der Waals surface area contributed by atoms with Crippen LogP contribution in [0.2, 0.25) is 0 Å². The lowest BCUT2D eigenvalue weighted by atomic mass is 9.83. The molecule has 2 heterocycles. The summed E-state index contributed by atoms with van der Waals surface area (Å²) >= 11 is 0. The second-order valence-corrected chi connectivity index (χ2v) is 7.11. The maximum absolute atomic E-state index is 6.16. The Kier molecular flexibility index (Phi) is 3.45. The van der Waals surface area contributed by atoms with E-state index in [1.165, 1.54) is 32.1 Å². The highest BCUT2D eigenvalue weighted by Crippen LogP contribution is 2.37. The van der Waals surface area contributed by atoms with Crippen LogP contribution >= 0.6 is 0 Å². The third kappa shape index (κ3) is 2.31. The lowest BCUT2D eigenvalue weighted by molar-refractivity contribution is 0.00578. The van der Waals surface area contributed by atoms with E-state index in [0.29, 0.717) is 6.04 Å². The zero-order chi connectivity index (χ0) is 14.4. The van der Waals surface area contributed by atoms with Gasteiger partial charge in [-0.3, -0.25) is 0 Å². The number of aromatic nitrogens is 2. The molecule has 1 saturated carbocycles. The minimum Gasteiger partial charge on any atom is -0.398 e. The molecule has 0 aromatic carbocycles. The average molecular weight is 276 g/mol. The molecule has 1 aliphatic carbocycles. The fourth-order valence-electron chi connectivity index (χ4n) is 3.13. The standard InChI is InChI=1S/C15H25BN2O2/c1-14(2)15(3,4)20-16(19-14)13-10-17-11-18(13)12-8-6-5-7-9-12/h10-12H,5-9H2,1-4H3. The van der Waals surface area contributed by atoms with Crippen LogP contribution in [0.15, 0.2) is 12.5 Å². The predicted octanol–water partition coefficient (Wildman–Crippen LogP) is 2.69. The van der Waals surface area contributed by atoms with Gasteiger partial charge in [0, 0.05) is 12.2 Å². The Balaban J connectivity index is 1.84. The Morgan fingerprint density at radius 2 is 1.70 bits per heavy atom. The van der Waals surface area contributed by atoms with Gasteiger partial charge in [0.2, 0.25) is 0 Å². The molecule has 5 heteroatoms. The van der Waals surface area contributed by atoms with Gasteiger partial charge in [0.1, 0.15) is 0 Å². The summed E-state index contributed by atoms with van der Waals surface area (Å²) in [6.07, 6.45) is 10.3. The van der Waals surface area contributed by atoms with E-state index in [9.17, 15) is 0 Å². The van der Waals surface area contributed by atoms with E-state index >= 15 is 0 Å². The number of hydrogen-bond acceptors (Lipinski definition) is 3. The molecule has 0 bridgehead atoms. The summed E-state index contributed by atoms with van der Waals surface area (Å²) in [6, 6.07) is 0.556. The van der Waals surface area contributed by atoms with Crippen LogP contribution in [0.1, 0.15) is 65.8 Å². The van der Waals surface area contributed by atoms with Gasteiger partial charge in [-0.1, -0.05) is 19.3 Å². The van der Waals surface area contributed by atoms with E-state index in [0.717, 1.165) is 5.59 Å². The molecule has 1 aliphatic heterocycles. The van der Waals surface area contributed by atoms with Crippen molar-refractivity contribution >= 4 is 12.7 Å². The first-order valence-corrected chi connectivity index (χ1v) is 7.78. The number of rotatable bonds is 2. The third-order valence-corrected chi connectivity index (χ3v) is 5.16. The number of nitrogens with zero attached hydrogens (tertiary/aromatic N) is 2. The van der Waals surface area contributed by atoms with Gasteiger partial charge in [-0.25, -0.2) is 4.98 Å². The van der Waals surface area contributed by atoms with Crippen molar-refractivity contribution in [3.05, 3.63) is 12.5 Å². The number of hydrogen-bond donors (Lipinski definition) is 0. The smallest absolute Gasteiger partial charge is 0.398 e. The van der Waals surface area contributed by atoms with Gasteiger partial charge in [0.05, 0.1) is 23.1 Å². The van der Waals surface area contributed by atoms with E-state index in [-0.39, 0.29) is 18.3 Å². The molecule has 0 unspecified atom stereocenters. The largest absolute Gasteiger partial charge is 0.514 e.